The molecule has 246 valence electrons. The summed E-state index contributed by atoms with van der Waals surface area (Å²) < 4.78 is 146. The summed E-state index contributed by atoms with van der Waals surface area (Å²) in [7, 11) is 0. The maximum Gasteiger partial charge on any atom is 0.463 e. The number of rotatable bonds is 7. The first-order chi connectivity index (χ1) is 20.8. The van der Waals surface area contributed by atoms with Gasteiger partial charge in [-0.05, 0) is 18.6 Å². The van der Waals surface area contributed by atoms with Crippen molar-refractivity contribution in [3.05, 3.63) is 41.5 Å². The Morgan fingerprint density at radius 2 is 1.69 bits per heavy atom. The van der Waals surface area contributed by atoms with E-state index in [0.29, 0.717) is 0 Å². The van der Waals surface area contributed by atoms with E-state index in [1.807, 2.05) is 0 Å². The molecule has 4 rings (SSSR count). The van der Waals surface area contributed by atoms with Crippen molar-refractivity contribution in [3.63, 3.8) is 0 Å². The van der Waals surface area contributed by atoms with Crippen LogP contribution in [0.4, 0.5) is 43.9 Å². The summed E-state index contributed by atoms with van der Waals surface area (Å²) in [6.45, 7) is 1.11. The maximum atomic E-state index is 14.5. The van der Waals surface area contributed by atoms with Gasteiger partial charge >= 0.3 is 18.3 Å². The highest BCUT2D eigenvalue weighted by molar-refractivity contribution is 5.94. The summed E-state index contributed by atoms with van der Waals surface area (Å²) >= 11 is 0. The number of carbonyl (C=O) groups is 2. The minimum absolute atomic E-state index is 0.105. The quantitative estimate of drug-likeness (QED) is 0.369. The van der Waals surface area contributed by atoms with Crippen LogP contribution in [0.15, 0.2) is 28.7 Å². The number of amides is 2. The van der Waals surface area contributed by atoms with Crippen molar-refractivity contribution >= 4 is 11.8 Å². The zero-order chi connectivity index (χ0) is 33.4. The Balaban J connectivity index is 1.75. The minimum Gasteiger partial charge on any atom is -0.439 e. The van der Waals surface area contributed by atoms with E-state index >= 15 is 0 Å². The topological polar surface area (TPSA) is 108 Å². The normalized spacial score (nSPS) is 21.6. The third-order valence-electron chi connectivity index (χ3n) is 7.39. The number of halogens is 10. The molecule has 8 nitrogen and oxygen atoms in total. The van der Waals surface area contributed by atoms with Crippen LogP contribution in [0.1, 0.15) is 53.6 Å². The molecule has 0 bridgehead atoms. The number of ether oxygens (including phenoxy) is 1. The average molecular weight is 658 g/mol. The standard InChI is InChI=1S/C27H24F10N4O4/c28-24(29)6-5-17(18(12-24)21(42)39-16(13-38)11-25(30,31)32)20-19(40-23(45-20)26(33,34)27(35,36)37)14-1-3-15(4-2-14)22(43)41-7-9-44-10-8-41/h1-4,16-18H,5-12H2,(H,39,42)/t16?,17-,18-/m1/s1. The first-order valence-corrected chi connectivity index (χ1v) is 13.4. The second kappa shape index (κ2) is 12.5. The number of aromatic nitrogens is 1. The molecule has 0 spiro atoms. The highest BCUT2D eigenvalue weighted by Gasteiger charge is 2.63. The number of nitriles is 1. The van der Waals surface area contributed by atoms with Gasteiger partial charge in [-0.1, -0.05) is 12.1 Å². The number of hydrogen-bond donors (Lipinski definition) is 1. The molecule has 1 saturated heterocycles. The van der Waals surface area contributed by atoms with E-state index in [0.717, 1.165) is 12.1 Å². The fourth-order valence-corrected chi connectivity index (χ4v) is 5.13. The summed E-state index contributed by atoms with van der Waals surface area (Å²) in [5.41, 5.74) is -0.757. The zero-order valence-corrected chi connectivity index (χ0v) is 23.0. The Bertz CT molecular complexity index is 1430. The van der Waals surface area contributed by atoms with Crippen LogP contribution in [0, 0.1) is 17.2 Å². The highest BCUT2D eigenvalue weighted by atomic mass is 19.4. The molecule has 1 aromatic heterocycles. The molecule has 0 radical (unpaired) electrons. The highest BCUT2D eigenvalue weighted by Crippen LogP contribution is 2.50. The summed E-state index contributed by atoms with van der Waals surface area (Å²) in [6, 6.07) is 3.71. The maximum absolute atomic E-state index is 14.5. The summed E-state index contributed by atoms with van der Waals surface area (Å²) in [4.78, 5) is 30.6. The van der Waals surface area contributed by atoms with Gasteiger partial charge in [0.25, 0.3) is 11.8 Å². The lowest BCUT2D eigenvalue weighted by atomic mass is 9.74. The number of hydrogen-bond acceptors (Lipinski definition) is 6. The molecule has 1 aliphatic carbocycles. The molecule has 2 aliphatic rings. The number of carbonyl (C=O) groups excluding carboxylic acids is 2. The Morgan fingerprint density at radius 3 is 2.24 bits per heavy atom. The summed E-state index contributed by atoms with van der Waals surface area (Å²) in [5, 5.41) is 10.8. The molecule has 3 atom stereocenters. The van der Waals surface area contributed by atoms with Crippen molar-refractivity contribution < 1.29 is 62.6 Å². The molecule has 2 heterocycles. The van der Waals surface area contributed by atoms with Gasteiger partial charge in [0, 0.05) is 43.0 Å². The van der Waals surface area contributed by atoms with Gasteiger partial charge in [-0.15, -0.1) is 0 Å². The number of alkyl halides is 10. The lowest BCUT2D eigenvalue weighted by Crippen LogP contribution is -2.45. The van der Waals surface area contributed by atoms with Crippen molar-refractivity contribution in [2.24, 2.45) is 5.92 Å². The van der Waals surface area contributed by atoms with Gasteiger partial charge in [0.15, 0.2) is 0 Å². The van der Waals surface area contributed by atoms with Gasteiger partial charge in [0.2, 0.25) is 11.8 Å². The molecular formula is C27H24F10N4O4. The average Bonchev–Trinajstić information content (AvgIpc) is 3.41. The van der Waals surface area contributed by atoms with Gasteiger partial charge in [-0.25, -0.2) is 13.8 Å². The number of nitrogens with zero attached hydrogens (tertiary/aromatic N) is 3. The predicted octanol–water partition coefficient (Wildman–Crippen LogP) is 5.95. The lowest BCUT2D eigenvalue weighted by molar-refractivity contribution is -0.297. The van der Waals surface area contributed by atoms with Crippen molar-refractivity contribution in [1.82, 2.24) is 15.2 Å². The van der Waals surface area contributed by atoms with Crippen LogP contribution in [0.25, 0.3) is 11.3 Å². The Labute approximate surface area is 248 Å². The molecule has 2 fully saturated rings. The number of nitrogens with one attached hydrogen (secondary N) is 1. The third kappa shape index (κ3) is 7.68. The molecule has 1 saturated carbocycles. The van der Waals surface area contributed by atoms with Gasteiger partial charge in [0.05, 0.1) is 31.6 Å². The molecular weight excluding hydrogens is 634 g/mol. The van der Waals surface area contributed by atoms with E-state index in [4.69, 9.17) is 14.4 Å². The molecule has 1 aliphatic heterocycles. The van der Waals surface area contributed by atoms with Crippen molar-refractivity contribution in [2.45, 2.75) is 61.8 Å². The van der Waals surface area contributed by atoms with E-state index in [1.54, 1.807) is 5.32 Å². The second-order valence-electron chi connectivity index (χ2n) is 10.6. The van der Waals surface area contributed by atoms with Gasteiger partial charge in [-0.2, -0.15) is 40.4 Å². The van der Waals surface area contributed by atoms with Crippen LogP contribution in [-0.4, -0.2) is 72.3 Å². The SMILES string of the molecule is N#CC(CC(F)(F)F)NC(=O)[C@@H]1CC(F)(F)CC[C@H]1c1oc(C(F)(F)C(F)(F)F)nc1-c1ccc(C(=O)N2CCOCC2)cc1. The monoisotopic (exact) mass is 658 g/mol. The largest absolute Gasteiger partial charge is 0.463 e. The molecule has 1 N–H and O–H groups in total. The van der Waals surface area contributed by atoms with Gasteiger partial charge < -0.3 is 19.4 Å². The molecule has 1 aromatic carbocycles. The van der Waals surface area contributed by atoms with Gasteiger partial charge in [0.1, 0.15) is 17.5 Å². The predicted molar refractivity (Wildman–Crippen MR) is 132 cm³/mol. The first-order valence-electron chi connectivity index (χ1n) is 13.4. The Hall–Kier alpha value is -3.88. The number of morpholine rings is 1. The fourth-order valence-electron chi connectivity index (χ4n) is 5.13. The lowest BCUT2D eigenvalue weighted by Gasteiger charge is -2.34. The second-order valence-corrected chi connectivity index (χ2v) is 10.6. The van der Waals surface area contributed by atoms with Crippen LogP contribution in [0.5, 0.6) is 0 Å². The summed E-state index contributed by atoms with van der Waals surface area (Å²) in [6.07, 6.45) is -16.0. The number of benzene rings is 1. The summed E-state index contributed by atoms with van der Waals surface area (Å²) in [5.74, 6) is -17.8. The minimum atomic E-state index is -6.20. The Morgan fingerprint density at radius 1 is 1.07 bits per heavy atom. The van der Waals surface area contributed by atoms with E-state index < -0.39 is 96.9 Å². The van der Waals surface area contributed by atoms with E-state index in [2.05, 4.69) is 4.98 Å². The van der Waals surface area contributed by atoms with Crippen molar-refractivity contribution in [3.8, 4) is 17.3 Å². The third-order valence-corrected chi connectivity index (χ3v) is 7.39. The van der Waals surface area contributed by atoms with Crippen LogP contribution in [-0.2, 0) is 15.5 Å². The van der Waals surface area contributed by atoms with E-state index in [9.17, 15) is 53.5 Å². The first kappa shape index (κ1) is 34.0. The van der Waals surface area contributed by atoms with Gasteiger partial charge in [-0.3, -0.25) is 9.59 Å². The molecule has 45 heavy (non-hydrogen) atoms. The van der Waals surface area contributed by atoms with Crippen LogP contribution in [0.3, 0.4) is 0 Å². The van der Waals surface area contributed by atoms with Crippen molar-refractivity contribution in [2.75, 3.05) is 26.3 Å². The number of oxazole rings is 1. The molecule has 18 heteroatoms. The molecule has 2 amide bonds. The Kier molecular flexibility index (Phi) is 9.44. The van der Waals surface area contributed by atoms with E-state index in [-0.39, 0.29) is 37.4 Å². The molecule has 2 aromatic rings. The van der Waals surface area contributed by atoms with E-state index in [1.165, 1.54) is 23.1 Å². The smallest absolute Gasteiger partial charge is 0.439 e. The molecule has 1 unspecified atom stereocenters. The van der Waals surface area contributed by atoms with Crippen molar-refractivity contribution in [1.29, 1.82) is 5.26 Å². The van der Waals surface area contributed by atoms with Crippen LogP contribution >= 0.6 is 0 Å². The van der Waals surface area contributed by atoms with Crippen LogP contribution < -0.4 is 5.32 Å². The fraction of sp³-hybridized carbons (Fsp3) is 0.556. The zero-order valence-electron chi connectivity index (χ0n) is 23.0. The van der Waals surface area contributed by atoms with Crippen LogP contribution in [0.2, 0.25) is 0 Å².